The highest BCUT2D eigenvalue weighted by Gasteiger charge is 2.05. The fourth-order valence-corrected chi connectivity index (χ4v) is 2.60. The molecule has 2 heterocycles. The molecule has 0 aliphatic heterocycles. The van der Waals surface area contributed by atoms with Crippen molar-refractivity contribution in [2.75, 3.05) is 0 Å². The summed E-state index contributed by atoms with van der Waals surface area (Å²) >= 11 is 0. The Morgan fingerprint density at radius 2 is 1.14 bits per heavy atom. The van der Waals surface area contributed by atoms with E-state index in [1.54, 1.807) is 6.20 Å². The number of benzene rings is 2. The summed E-state index contributed by atoms with van der Waals surface area (Å²) in [6.45, 7) is 4.11. The van der Waals surface area contributed by atoms with Crippen molar-refractivity contribution in [2.24, 2.45) is 0 Å². The molecule has 0 aliphatic rings. The minimum absolute atomic E-state index is 0.534. The number of pyridine rings is 1. The minimum Gasteiger partial charge on any atom is -0.235 e. The molecule has 132 valence electrons. The molecule has 4 aromatic rings. The maximum absolute atomic E-state index is 4.63. The molecule has 3 nitrogen and oxygen atoms in total. The van der Waals surface area contributed by atoms with Crippen molar-refractivity contribution >= 4 is 11.2 Å². The zero-order chi connectivity index (χ0) is 19.3. The van der Waals surface area contributed by atoms with Crippen LogP contribution < -0.4 is 0 Å². The van der Waals surface area contributed by atoms with E-state index in [4.69, 9.17) is 0 Å². The predicted molar refractivity (Wildman–Crippen MR) is 112 cm³/mol. The van der Waals surface area contributed by atoms with Crippen LogP contribution in [0.15, 0.2) is 66.9 Å². The summed E-state index contributed by atoms with van der Waals surface area (Å²) in [6.07, 6.45) is 1.70. The summed E-state index contributed by atoms with van der Waals surface area (Å²) in [7, 11) is 0. The van der Waals surface area contributed by atoms with Gasteiger partial charge in [-0.05, 0) is 62.1 Å². The molecule has 2 aromatic heterocycles. The molecule has 0 radical (unpaired) electrons. The van der Waals surface area contributed by atoms with E-state index < -0.39 is 0 Å². The molecule has 28 heavy (non-hydrogen) atoms. The molecular formula is C25H17N3. The largest absolute Gasteiger partial charge is 0.235 e. The van der Waals surface area contributed by atoms with Gasteiger partial charge in [0.15, 0.2) is 5.65 Å². The highest BCUT2D eigenvalue weighted by Crippen LogP contribution is 2.11. The van der Waals surface area contributed by atoms with Crippen molar-refractivity contribution in [1.82, 2.24) is 15.0 Å². The highest BCUT2D eigenvalue weighted by molar-refractivity contribution is 5.71. The zero-order valence-corrected chi connectivity index (χ0v) is 15.7. The Labute approximate surface area is 164 Å². The Kier molecular flexibility index (Phi) is 4.83. The van der Waals surface area contributed by atoms with E-state index in [2.05, 4.69) is 52.5 Å². The van der Waals surface area contributed by atoms with Crippen molar-refractivity contribution in [2.45, 2.75) is 13.8 Å². The standard InChI is InChI=1S/C25H17N3/c1-18-5-9-20(10-6-18)13-15-22-23(16-14-21-11-7-19(2)8-12-21)28-25-24(27-22)4-3-17-26-25/h3-12,17H,1-2H3. The highest BCUT2D eigenvalue weighted by atomic mass is 14.9. The van der Waals surface area contributed by atoms with Gasteiger partial charge in [0.2, 0.25) is 0 Å². The lowest BCUT2D eigenvalue weighted by Gasteiger charge is -2.00. The summed E-state index contributed by atoms with van der Waals surface area (Å²) in [4.78, 5) is 13.5. The summed E-state index contributed by atoms with van der Waals surface area (Å²) < 4.78 is 0. The lowest BCUT2D eigenvalue weighted by molar-refractivity contribution is 1.18. The van der Waals surface area contributed by atoms with Crippen LogP contribution >= 0.6 is 0 Å². The van der Waals surface area contributed by atoms with Crippen LogP contribution in [0.3, 0.4) is 0 Å². The Bertz CT molecular complexity index is 1160. The van der Waals surface area contributed by atoms with Gasteiger partial charge in [0.1, 0.15) is 16.9 Å². The number of hydrogen-bond donors (Lipinski definition) is 0. The van der Waals surface area contributed by atoms with Crippen LogP contribution in [-0.4, -0.2) is 15.0 Å². The second kappa shape index (κ2) is 7.74. The first-order valence-corrected chi connectivity index (χ1v) is 8.97. The van der Waals surface area contributed by atoms with Crippen molar-refractivity contribution in [1.29, 1.82) is 0 Å². The monoisotopic (exact) mass is 359 g/mol. The average Bonchev–Trinajstić information content (AvgIpc) is 2.72. The molecule has 0 N–H and O–H groups in total. The van der Waals surface area contributed by atoms with Crippen LogP contribution in [0.25, 0.3) is 11.2 Å². The van der Waals surface area contributed by atoms with Crippen LogP contribution in [-0.2, 0) is 0 Å². The molecule has 2 aromatic carbocycles. The van der Waals surface area contributed by atoms with E-state index in [1.165, 1.54) is 11.1 Å². The summed E-state index contributed by atoms with van der Waals surface area (Å²) in [5.74, 6) is 12.6. The number of aromatic nitrogens is 3. The maximum atomic E-state index is 4.63. The minimum atomic E-state index is 0.534. The van der Waals surface area contributed by atoms with Crippen LogP contribution in [0.1, 0.15) is 33.6 Å². The Hall–Kier alpha value is -3.95. The van der Waals surface area contributed by atoms with E-state index in [0.29, 0.717) is 22.6 Å². The summed E-state index contributed by atoms with van der Waals surface area (Å²) in [5.41, 5.74) is 6.61. The fraction of sp³-hybridized carbons (Fsp3) is 0.0800. The lowest BCUT2D eigenvalue weighted by Crippen LogP contribution is -1.97. The number of hydrogen-bond acceptors (Lipinski definition) is 3. The van der Waals surface area contributed by atoms with Gasteiger partial charge in [-0.15, -0.1) is 0 Å². The molecule has 0 atom stereocenters. The van der Waals surface area contributed by atoms with Crippen molar-refractivity contribution in [3.8, 4) is 23.7 Å². The molecule has 0 saturated heterocycles. The molecular weight excluding hydrogens is 342 g/mol. The van der Waals surface area contributed by atoms with Gasteiger partial charge in [-0.2, -0.15) is 0 Å². The van der Waals surface area contributed by atoms with Gasteiger partial charge in [0.25, 0.3) is 0 Å². The van der Waals surface area contributed by atoms with Crippen LogP contribution in [0.4, 0.5) is 0 Å². The predicted octanol–water partition coefficient (Wildman–Crippen LogP) is 4.44. The first-order chi connectivity index (χ1) is 13.7. The van der Waals surface area contributed by atoms with Crippen molar-refractivity contribution in [3.05, 3.63) is 101 Å². The average molecular weight is 359 g/mol. The first kappa shape index (κ1) is 17.5. The quantitative estimate of drug-likeness (QED) is 0.436. The third-order valence-corrected chi connectivity index (χ3v) is 4.19. The third kappa shape index (κ3) is 4.06. The van der Waals surface area contributed by atoms with E-state index >= 15 is 0 Å². The molecule has 0 unspecified atom stereocenters. The van der Waals surface area contributed by atoms with E-state index in [-0.39, 0.29) is 0 Å². The molecule has 0 amide bonds. The number of aryl methyl sites for hydroxylation is 2. The maximum Gasteiger partial charge on any atom is 0.179 e. The van der Waals surface area contributed by atoms with Crippen molar-refractivity contribution in [3.63, 3.8) is 0 Å². The smallest absolute Gasteiger partial charge is 0.179 e. The zero-order valence-electron chi connectivity index (χ0n) is 15.7. The normalized spacial score (nSPS) is 9.93. The van der Waals surface area contributed by atoms with Crippen LogP contribution in [0.2, 0.25) is 0 Å². The Balaban J connectivity index is 1.79. The molecule has 0 saturated carbocycles. The third-order valence-electron chi connectivity index (χ3n) is 4.19. The molecule has 0 aliphatic carbocycles. The van der Waals surface area contributed by atoms with E-state index in [0.717, 1.165) is 11.1 Å². The van der Waals surface area contributed by atoms with Gasteiger partial charge in [-0.3, -0.25) is 0 Å². The molecule has 4 rings (SSSR count). The van der Waals surface area contributed by atoms with Gasteiger partial charge in [0.05, 0.1) is 0 Å². The molecule has 3 heteroatoms. The van der Waals surface area contributed by atoms with Gasteiger partial charge in [-0.1, -0.05) is 47.2 Å². The SMILES string of the molecule is Cc1ccc(C#Cc2nc3cccnc3nc2C#Cc2ccc(C)cc2)cc1. The van der Waals surface area contributed by atoms with Gasteiger partial charge in [-0.25, -0.2) is 15.0 Å². The molecule has 0 bridgehead atoms. The fourth-order valence-electron chi connectivity index (χ4n) is 2.60. The van der Waals surface area contributed by atoms with Crippen LogP contribution in [0, 0.1) is 37.5 Å². The molecule has 0 spiro atoms. The number of fused-ring (bicyclic) bond motifs is 1. The summed E-state index contributed by atoms with van der Waals surface area (Å²) in [5, 5.41) is 0. The lowest BCUT2D eigenvalue weighted by atomic mass is 10.1. The van der Waals surface area contributed by atoms with Crippen LogP contribution in [0.5, 0.6) is 0 Å². The first-order valence-electron chi connectivity index (χ1n) is 8.97. The topological polar surface area (TPSA) is 38.7 Å². The second-order valence-corrected chi connectivity index (χ2v) is 6.50. The number of rotatable bonds is 0. The Morgan fingerprint density at radius 3 is 1.71 bits per heavy atom. The van der Waals surface area contributed by atoms with Gasteiger partial charge < -0.3 is 0 Å². The van der Waals surface area contributed by atoms with Gasteiger partial charge in [0, 0.05) is 17.3 Å². The Morgan fingerprint density at radius 1 is 0.607 bits per heavy atom. The van der Waals surface area contributed by atoms with Gasteiger partial charge >= 0.3 is 0 Å². The van der Waals surface area contributed by atoms with E-state index in [1.807, 2.05) is 60.7 Å². The second-order valence-electron chi connectivity index (χ2n) is 6.50. The van der Waals surface area contributed by atoms with Crippen molar-refractivity contribution < 1.29 is 0 Å². The summed E-state index contributed by atoms with van der Waals surface area (Å²) in [6, 6.07) is 19.8. The number of nitrogens with zero attached hydrogens (tertiary/aromatic N) is 3. The van der Waals surface area contributed by atoms with E-state index in [9.17, 15) is 0 Å². The molecule has 0 fully saturated rings.